The maximum Gasteiger partial charge on any atom is 0.0829 e. The van der Waals surface area contributed by atoms with Gasteiger partial charge in [-0.1, -0.05) is 40.2 Å². The molecule has 0 heterocycles. The largest absolute Gasteiger partial charge is 0.197 e. The summed E-state index contributed by atoms with van der Waals surface area (Å²) in [6, 6.07) is 14.9. The van der Waals surface area contributed by atoms with Crippen molar-refractivity contribution in [2.75, 3.05) is 0 Å². The van der Waals surface area contributed by atoms with Crippen molar-refractivity contribution in [3.63, 3.8) is 0 Å². The molecule has 0 aromatic heterocycles. The minimum absolute atomic E-state index is 0.208. The van der Waals surface area contributed by atoms with E-state index in [9.17, 15) is 5.26 Å². The third-order valence-electron chi connectivity index (χ3n) is 3.32. The predicted molar refractivity (Wildman–Crippen MR) is 68.2 cm³/mol. The van der Waals surface area contributed by atoms with Gasteiger partial charge in [-0.3, -0.25) is 0 Å². The minimum atomic E-state index is -0.208. The van der Waals surface area contributed by atoms with Crippen molar-refractivity contribution >= 4 is 26.7 Å². The van der Waals surface area contributed by atoms with Crippen molar-refractivity contribution in [2.45, 2.75) is 18.3 Å². The zero-order valence-corrected chi connectivity index (χ0v) is 10.3. The highest BCUT2D eigenvalue weighted by Crippen LogP contribution is 2.49. The van der Waals surface area contributed by atoms with E-state index >= 15 is 0 Å². The minimum Gasteiger partial charge on any atom is -0.197 e. The lowest BCUT2D eigenvalue weighted by atomic mass is 9.92. The molecule has 3 rings (SSSR count). The van der Waals surface area contributed by atoms with E-state index < -0.39 is 0 Å². The van der Waals surface area contributed by atoms with E-state index in [1.807, 2.05) is 12.1 Å². The van der Waals surface area contributed by atoms with E-state index in [0.717, 1.165) is 17.3 Å². The molecule has 2 aromatic carbocycles. The maximum absolute atomic E-state index is 9.28. The molecule has 1 nitrogen and oxygen atoms in total. The van der Waals surface area contributed by atoms with Crippen LogP contribution in [0.1, 0.15) is 18.4 Å². The van der Waals surface area contributed by atoms with Gasteiger partial charge in [-0.15, -0.1) is 0 Å². The molecule has 1 saturated carbocycles. The number of halogens is 1. The fraction of sp³-hybridized carbons (Fsp3) is 0.214. The Kier molecular flexibility index (Phi) is 2.05. The molecule has 0 unspecified atom stereocenters. The number of nitriles is 1. The monoisotopic (exact) mass is 271 g/mol. The number of rotatable bonds is 1. The second kappa shape index (κ2) is 3.33. The molecular formula is C14H10BrN. The molecule has 2 aromatic rings. The fourth-order valence-electron chi connectivity index (χ4n) is 2.23. The van der Waals surface area contributed by atoms with Crippen LogP contribution in [0.5, 0.6) is 0 Å². The molecule has 0 amide bonds. The molecule has 16 heavy (non-hydrogen) atoms. The Bertz CT molecular complexity index is 606. The van der Waals surface area contributed by atoms with Crippen molar-refractivity contribution in [3.8, 4) is 6.07 Å². The molecule has 0 saturated heterocycles. The van der Waals surface area contributed by atoms with E-state index in [0.29, 0.717) is 0 Å². The van der Waals surface area contributed by atoms with E-state index in [1.165, 1.54) is 16.3 Å². The molecule has 2 heteroatoms. The average Bonchev–Trinajstić information content (AvgIpc) is 3.09. The Labute approximate surface area is 103 Å². The first kappa shape index (κ1) is 9.86. The first-order valence-corrected chi connectivity index (χ1v) is 6.14. The Morgan fingerprint density at radius 3 is 2.69 bits per heavy atom. The Balaban J connectivity index is 2.33. The van der Waals surface area contributed by atoms with Crippen molar-refractivity contribution < 1.29 is 0 Å². The summed E-state index contributed by atoms with van der Waals surface area (Å²) < 4.78 is 1.07. The lowest BCUT2D eigenvalue weighted by Crippen LogP contribution is -2.03. The molecule has 78 valence electrons. The van der Waals surface area contributed by atoms with Gasteiger partial charge in [-0.05, 0) is 41.3 Å². The summed E-state index contributed by atoms with van der Waals surface area (Å²) in [7, 11) is 0. The van der Waals surface area contributed by atoms with Gasteiger partial charge in [-0.25, -0.2) is 0 Å². The standard InChI is InChI=1S/C14H10BrN/c15-11-5-4-10-2-1-3-13(12(10)8-11)14(9-16)6-7-14/h1-5,8H,6-7H2. The van der Waals surface area contributed by atoms with Crippen LogP contribution in [0.2, 0.25) is 0 Å². The number of nitrogens with zero attached hydrogens (tertiary/aromatic N) is 1. The van der Waals surface area contributed by atoms with Crippen LogP contribution in [-0.2, 0) is 5.41 Å². The predicted octanol–water partition coefficient (Wildman–Crippen LogP) is 4.16. The molecule has 0 bridgehead atoms. The Morgan fingerprint density at radius 2 is 2.00 bits per heavy atom. The van der Waals surface area contributed by atoms with Crippen LogP contribution in [0.25, 0.3) is 10.8 Å². The van der Waals surface area contributed by atoms with Gasteiger partial charge >= 0.3 is 0 Å². The maximum atomic E-state index is 9.28. The van der Waals surface area contributed by atoms with Crippen LogP contribution >= 0.6 is 15.9 Å². The molecule has 1 fully saturated rings. The molecule has 0 aliphatic heterocycles. The van der Waals surface area contributed by atoms with Crippen LogP contribution in [-0.4, -0.2) is 0 Å². The molecule has 1 aliphatic carbocycles. The van der Waals surface area contributed by atoms with Crippen LogP contribution in [0.3, 0.4) is 0 Å². The van der Waals surface area contributed by atoms with Crippen molar-refractivity contribution in [3.05, 3.63) is 46.4 Å². The van der Waals surface area contributed by atoms with Crippen molar-refractivity contribution in [2.24, 2.45) is 0 Å². The SMILES string of the molecule is N#CC1(c2cccc3ccc(Br)cc23)CC1. The second-order valence-electron chi connectivity index (χ2n) is 4.36. The number of fused-ring (bicyclic) bond motifs is 1. The molecule has 0 spiro atoms. The zero-order valence-electron chi connectivity index (χ0n) is 8.70. The van der Waals surface area contributed by atoms with E-state index in [2.05, 4.69) is 46.3 Å². The highest BCUT2D eigenvalue weighted by atomic mass is 79.9. The summed E-state index contributed by atoms with van der Waals surface area (Å²) in [6.07, 6.45) is 1.99. The average molecular weight is 272 g/mol. The smallest absolute Gasteiger partial charge is 0.0829 e. The van der Waals surface area contributed by atoms with Gasteiger partial charge in [0.25, 0.3) is 0 Å². The van der Waals surface area contributed by atoms with Gasteiger partial charge in [0, 0.05) is 4.47 Å². The van der Waals surface area contributed by atoms with Crippen molar-refractivity contribution in [1.82, 2.24) is 0 Å². The normalized spacial score (nSPS) is 17.0. The second-order valence-corrected chi connectivity index (χ2v) is 5.28. The fourth-order valence-corrected chi connectivity index (χ4v) is 2.59. The topological polar surface area (TPSA) is 23.8 Å². The third kappa shape index (κ3) is 1.36. The van der Waals surface area contributed by atoms with Crippen LogP contribution in [0.15, 0.2) is 40.9 Å². The highest BCUT2D eigenvalue weighted by Gasteiger charge is 2.45. The number of hydrogen-bond donors (Lipinski definition) is 0. The molecule has 0 radical (unpaired) electrons. The van der Waals surface area contributed by atoms with Crippen LogP contribution in [0.4, 0.5) is 0 Å². The van der Waals surface area contributed by atoms with E-state index in [4.69, 9.17) is 0 Å². The van der Waals surface area contributed by atoms with E-state index in [1.54, 1.807) is 0 Å². The van der Waals surface area contributed by atoms with Gasteiger partial charge in [0.1, 0.15) is 0 Å². The molecule has 0 atom stereocenters. The molecule has 0 N–H and O–H groups in total. The molecule has 1 aliphatic rings. The van der Waals surface area contributed by atoms with Gasteiger partial charge in [0.05, 0.1) is 11.5 Å². The summed E-state index contributed by atoms with van der Waals surface area (Å²) in [5.41, 5.74) is 0.981. The van der Waals surface area contributed by atoms with Gasteiger partial charge < -0.3 is 0 Å². The lowest BCUT2D eigenvalue weighted by molar-refractivity contribution is 0.920. The summed E-state index contributed by atoms with van der Waals surface area (Å²) in [5.74, 6) is 0. The summed E-state index contributed by atoms with van der Waals surface area (Å²) in [4.78, 5) is 0. The molecular weight excluding hydrogens is 262 g/mol. The number of hydrogen-bond acceptors (Lipinski definition) is 1. The van der Waals surface area contributed by atoms with E-state index in [-0.39, 0.29) is 5.41 Å². The lowest BCUT2D eigenvalue weighted by Gasteiger charge is -2.10. The quantitative estimate of drug-likeness (QED) is 0.764. The highest BCUT2D eigenvalue weighted by molar-refractivity contribution is 9.10. The Morgan fingerprint density at radius 1 is 1.19 bits per heavy atom. The van der Waals surface area contributed by atoms with Crippen LogP contribution < -0.4 is 0 Å². The summed E-state index contributed by atoms with van der Waals surface area (Å²) in [6.45, 7) is 0. The third-order valence-corrected chi connectivity index (χ3v) is 3.82. The van der Waals surface area contributed by atoms with Gasteiger partial charge in [0.2, 0.25) is 0 Å². The summed E-state index contributed by atoms with van der Waals surface area (Å²) >= 11 is 3.49. The summed E-state index contributed by atoms with van der Waals surface area (Å²) in [5, 5.41) is 11.7. The first-order valence-electron chi connectivity index (χ1n) is 5.35. The number of benzene rings is 2. The first-order chi connectivity index (χ1) is 7.75. The van der Waals surface area contributed by atoms with Gasteiger partial charge in [0.15, 0.2) is 0 Å². The Hall–Kier alpha value is -1.33. The van der Waals surface area contributed by atoms with Gasteiger partial charge in [-0.2, -0.15) is 5.26 Å². The van der Waals surface area contributed by atoms with Crippen molar-refractivity contribution in [1.29, 1.82) is 5.26 Å². The zero-order chi connectivity index (χ0) is 11.2. The van der Waals surface area contributed by atoms with Crippen LogP contribution in [0, 0.1) is 11.3 Å².